The fraction of sp³-hybridized carbons (Fsp3) is 0.667. The maximum absolute atomic E-state index is 5.63. The Morgan fingerprint density at radius 3 is 2.79 bits per heavy atom. The van der Waals surface area contributed by atoms with E-state index in [0.29, 0.717) is 11.9 Å². The van der Waals surface area contributed by atoms with E-state index in [0.717, 1.165) is 23.2 Å². The minimum absolute atomic E-state index is 0.369. The lowest BCUT2D eigenvalue weighted by atomic mass is 10.4. The van der Waals surface area contributed by atoms with Gasteiger partial charge in [0, 0.05) is 5.92 Å². The van der Waals surface area contributed by atoms with E-state index >= 15 is 0 Å². The zero-order chi connectivity index (χ0) is 9.97. The van der Waals surface area contributed by atoms with Gasteiger partial charge in [0.2, 0.25) is 5.95 Å². The fourth-order valence-corrected chi connectivity index (χ4v) is 1.75. The van der Waals surface area contributed by atoms with Crippen molar-refractivity contribution >= 4 is 17.7 Å². The summed E-state index contributed by atoms with van der Waals surface area (Å²) >= 11 is 1.80. The number of hydrogen-bond acceptors (Lipinski definition) is 5. The lowest BCUT2D eigenvalue weighted by molar-refractivity contribution is 0.858. The Labute approximate surface area is 87.7 Å². The Balaban J connectivity index is 2.13. The van der Waals surface area contributed by atoms with E-state index in [1.54, 1.807) is 11.8 Å². The Morgan fingerprint density at radius 1 is 1.36 bits per heavy atom. The van der Waals surface area contributed by atoms with E-state index in [9.17, 15) is 0 Å². The number of nitrogens with two attached hydrogens (primary N) is 1. The minimum Gasteiger partial charge on any atom is -0.368 e. The van der Waals surface area contributed by atoms with E-state index in [1.165, 1.54) is 12.8 Å². The molecule has 0 atom stereocenters. The SMILES string of the molecule is CCSCc1nc(N)nc(C2CC2)n1. The quantitative estimate of drug-likeness (QED) is 0.817. The van der Waals surface area contributed by atoms with Crippen LogP contribution in [0, 0.1) is 0 Å². The van der Waals surface area contributed by atoms with E-state index < -0.39 is 0 Å². The molecule has 1 saturated carbocycles. The first-order chi connectivity index (χ1) is 6.79. The minimum atomic E-state index is 0.369. The molecule has 1 aromatic heterocycles. The van der Waals surface area contributed by atoms with Gasteiger partial charge in [0.05, 0.1) is 5.75 Å². The molecule has 0 spiro atoms. The van der Waals surface area contributed by atoms with Crippen LogP contribution in [-0.4, -0.2) is 20.7 Å². The highest BCUT2D eigenvalue weighted by Gasteiger charge is 2.27. The van der Waals surface area contributed by atoms with Crippen LogP contribution in [0.2, 0.25) is 0 Å². The Hall–Kier alpha value is -0.840. The van der Waals surface area contributed by atoms with Gasteiger partial charge in [-0.25, -0.2) is 4.98 Å². The highest BCUT2D eigenvalue weighted by atomic mass is 32.2. The summed E-state index contributed by atoms with van der Waals surface area (Å²) in [6.45, 7) is 2.12. The van der Waals surface area contributed by atoms with Gasteiger partial charge >= 0.3 is 0 Å². The largest absolute Gasteiger partial charge is 0.368 e. The van der Waals surface area contributed by atoms with Gasteiger partial charge in [-0.2, -0.15) is 21.7 Å². The molecule has 1 aromatic rings. The number of thioether (sulfide) groups is 1. The second-order valence-electron chi connectivity index (χ2n) is 3.38. The summed E-state index contributed by atoms with van der Waals surface area (Å²) in [6, 6.07) is 0. The van der Waals surface area contributed by atoms with E-state index in [4.69, 9.17) is 5.73 Å². The van der Waals surface area contributed by atoms with Gasteiger partial charge < -0.3 is 5.73 Å². The van der Waals surface area contributed by atoms with Crippen molar-refractivity contribution in [3.05, 3.63) is 11.6 Å². The van der Waals surface area contributed by atoms with Crippen molar-refractivity contribution in [2.45, 2.75) is 31.4 Å². The number of anilines is 1. The van der Waals surface area contributed by atoms with Crippen molar-refractivity contribution < 1.29 is 0 Å². The van der Waals surface area contributed by atoms with Crippen molar-refractivity contribution in [3.8, 4) is 0 Å². The Kier molecular flexibility index (Phi) is 2.86. The average Bonchev–Trinajstić information content (AvgIpc) is 2.97. The molecule has 1 fully saturated rings. The molecule has 0 saturated heterocycles. The lowest BCUT2D eigenvalue weighted by Gasteiger charge is -2.02. The van der Waals surface area contributed by atoms with Crippen molar-refractivity contribution in [1.82, 2.24) is 15.0 Å². The Morgan fingerprint density at radius 2 is 2.14 bits per heavy atom. The number of rotatable bonds is 4. The molecular weight excluding hydrogens is 196 g/mol. The smallest absolute Gasteiger partial charge is 0.223 e. The molecule has 4 nitrogen and oxygen atoms in total. The number of nitrogens with zero attached hydrogens (tertiary/aromatic N) is 3. The van der Waals surface area contributed by atoms with Gasteiger partial charge in [0.25, 0.3) is 0 Å². The van der Waals surface area contributed by atoms with Gasteiger partial charge in [0.1, 0.15) is 11.6 Å². The number of aromatic nitrogens is 3. The normalized spacial score (nSPS) is 15.8. The molecule has 1 aliphatic carbocycles. The molecule has 0 radical (unpaired) electrons. The summed E-state index contributed by atoms with van der Waals surface area (Å²) in [5.41, 5.74) is 5.63. The van der Waals surface area contributed by atoms with Gasteiger partial charge in [-0.1, -0.05) is 6.92 Å². The molecule has 5 heteroatoms. The standard InChI is InChI=1S/C9H14N4S/c1-2-14-5-7-11-8(6-3-4-6)13-9(10)12-7/h6H,2-5H2,1H3,(H2,10,11,12,13). The van der Waals surface area contributed by atoms with Crippen LogP contribution in [0.25, 0.3) is 0 Å². The molecular formula is C9H14N4S. The highest BCUT2D eigenvalue weighted by molar-refractivity contribution is 7.98. The third-order valence-corrected chi connectivity index (χ3v) is 2.96. The number of nitrogen functional groups attached to an aromatic ring is 1. The lowest BCUT2D eigenvalue weighted by Crippen LogP contribution is -2.05. The van der Waals surface area contributed by atoms with Crippen LogP contribution >= 0.6 is 11.8 Å². The van der Waals surface area contributed by atoms with Crippen molar-refractivity contribution in [1.29, 1.82) is 0 Å². The predicted octanol–water partition coefficient (Wildman–Crippen LogP) is 1.58. The molecule has 14 heavy (non-hydrogen) atoms. The third-order valence-electron chi connectivity index (χ3n) is 2.09. The molecule has 2 N–H and O–H groups in total. The fourth-order valence-electron chi connectivity index (χ4n) is 1.24. The van der Waals surface area contributed by atoms with Gasteiger partial charge in [-0.15, -0.1) is 0 Å². The summed E-state index contributed by atoms with van der Waals surface area (Å²) in [5.74, 6) is 4.54. The zero-order valence-corrected chi connectivity index (χ0v) is 9.05. The first-order valence-corrected chi connectivity index (χ1v) is 6.03. The molecule has 1 heterocycles. The third kappa shape index (κ3) is 2.35. The first kappa shape index (κ1) is 9.71. The van der Waals surface area contributed by atoms with Gasteiger partial charge in [0.15, 0.2) is 0 Å². The molecule has 0 amide bonds. The molecule has 0 bridgehead atoms. The topological polar surface area (TPSA) is 64.7 Å². The molecule has 0 aromatic carbocycles. The van der Waals surface area contributed by atoms with E-state index in [2.05, 4.69) is 21.9 Å². The van der Waals surface area contributed by atoms with Crippen LogP contribution in [0.1, 0.15) is 37.3 Å². The van der Waals surface area contributed by atoms with E-state index in [1.807, 2.05) is 0 Å². The maximum atomic E-state index is 5.63. The second kappa shape index (κ2) is 4.13. The summed E-state index contributed by atoms with van der Waals surface area (Å²) in [5, 5.41) is 0. The van der Waals surface area contributed by atoms with Gasteiger partial charge in [-0.05, 0) is 18.6 Å². The molecule has 2 rings (SSSR count). The molecule has 0 unspecified atom stereocenters. The second-order valence-corrected chi connectivity index (χ2v) is 4.65. The van der Waals surface area contributed by atoms with Gasteiger partial charge in [-0.3, -0.25) is 0 Å². The highest BCUT2D eigenvalue weighted by Crippen LogP contribution is 2.38. The van der Waals surface area contributed by atoms with Crippen LogP contribution in [-0.2, 0) is 5.75 Å². The van der Waals surface area contributed by atoms with E-state index in [-0.39, 0.29) is 0 Å². The summed E-state index contributed by atoms with van der Waals surface area (Å²) in [6.07, 6.45) is 2.40. The molecule has 76 valence electrons. The predicted molar refractivity (Wildman–Crippen MR) is 58.1 cm³/mol. The first-order valence-electron chi connectivity index (χ1n) is 4.87. The Bertz CT molecular complexity index is 325. The zero-order valence-electron chi connectivity index (χ0n) is 8.23. The van der Waals surface area contributed by atoms with Crippen LogP contribution in [0.15, 0.2) is 0 Å². The summed E-state index contributed by atoms with van der Waals surface area (Å²) in [4.78, 5) is 12.7. The molecule has 0 aliphatic heterocycles. The molecule has 1 aliphatic rings. The number of hydrogen-bond donors (Lipinski definition) is 1. The van der Waals surface area contributed by atoms with Crippen molar-refractivity contribution in [2.75, 3.05) is 11.5 Å². The van der Waals surface area contributed by atoms with Crippen LogP contribution < -0.4 is 5.73 Å². The van der Waals surface area contributed by atoms with Crippen LogP contribution in [0.5, 0.6) is 0 Å². The maximum Gasteiger partial charge on any atom is 0.223 e. The van der Waals surface area contributed by atoms with Crippen LogP contribution in [0.3, 0.4) is 0 Å². The van der Waals surface area contributed by atoms with Crippen LogP contribution in [0.4, 0.5) is 5.95 Å². The van der Waals surface area contributed by atoms with Crippen molar-refractivity contribution in [3.63, 3.8) is 0 Å². The summed E-state index contributed by atoms with van der Waals surface area (Å²) < 4.78 is 0. The summed E-state index contributed by atoms with van der Waals surface area (Å²) in [7, 11) is 0. The monoisotopic (exact) mass is 210 g/mol. The average molecular weight is 210 g/mol. The van der Waals surface area contributed by atoms with Crippen molar-refractivity contribution in [2.24, 2.45) is 0 Å².